The number of carboxylic acid groups (broad SMARTS) is 1. The van der Waals surface area contributed by atoms with Gasteiger partial charge in [0.1, 0.15) is 10.7 Å². The van der Waals surface area contributed by atoms with Gasteiger partial charge in [0, 0.05) is 6.04 Å². The average molecular weight is 287 g/mol. The van der Waals surface area contributed by atoms with Crippen LogP contribution in [0.3, 0.4) is 0 Å². The lowest BCUT2D eigenvalue weighted by Crippen LogP contribution is -2.43. The summed E-state index contributed by atoms with van der Waals surface area (Å²) < 4.78 is 40.0. The van der Waals surface area contributed by atoms with Crippen molar-refractivity contribution in [1.29, 1.82) is 0 Å². The Hall–Kier alpha value is -1.47. The molecule has 104 valence electrons. The highest BCUT2D eigenvalue weighted by Gasteiger charge is 2.31. The molecule has 1 aliphatic carbocycles. The molecule has 1 aliphatic rings. The molecule has 1 aromatic carbocycles. The zero-order valence-electron chi connectivity index (χ0n) is 10.3. The Morgan fingerprint density at radius 1 is 1.42 bits per heavy atom. The number of carboxylic acids is 1. The molecule has 1 aromatic rings. The van der Waals surface area contributed by atoms with Crippen molar-refractivity contribution < 1.29 is 22.7 Å². The van der Waals surface area contributed by atoms with E-state index in [1.807, 2.05) is 6.92 Å². The number of hydrogen-bond donors (Lipinski definition) is 2. The summed E-state index contributed by atoms with van der Waals surface area (Å²) >= 11 is 0. The number of benzene rings is 1. The third-order valence-electron chi connectivity index (χ3n) is 3.16. The Labute approximate surface area is 110 Å². The molecule has 1 saturated carbocycles. The third-order valence-corrected chi connectivity index (χ3v) is 4.72. The number of carbonyl (C=O) groups is 1. The van der Waals surface area contributed by atoms with Gasteiger partial charge >= 0.3 is 5.97 Å². The zero-order valence-corrected chi connectivity index (χ0v) is 11.1. The van der Waals surface area contributed by atoms with Crippen molar-refractivity contribution in [2.45, 2.75) is 30.7 Å². The number of rotatable bonds is 4. The molecule has 0 aliphatic heterocycles. The van der Waals surface area contributed by atoms with Gasteiger partial charge in [0.25, 0.3) is 0 Å². The monoisotopic (exact) mass is 287 g/mol. The molecular weight excluding hydrogens is 273 g/mol. The minimum Gasteiger partial charge on any atom is -0.478 e. The number of sulfonamides is 1. The van der Waals surface area contributed by atoms with Crippen LogP contribution < -0.4 is 4.72 Å². The van der Waals surface area contributed by atoms with Gasteiger partial charge in [-0.1, -0.05) is 6.92 Å². The fourth-order valence-electron chi connectivity index (χ4n) is 2.13. The minimum atomic E-state index is -3.93. The lowest BCUT2D eigenvalue weighted by Gasteiger charge is -2.32. The van der Waals surface area contributed by atoms with E-state index in [1.54, 1.807) is 0 Å². The van der Waals surface area contributed by atoms with Gasteiger partial charge in [0.2, 0.25) is 10.0 Å². The number of aromatic carboxylic acids is 1. The van der Waals surface area contributed by atoms with Crippen molar-refractivity contribution in [2.24, 2.45) is 5.92 Å². The van der Waals surface area contributed by atoms with Crippen LogP contribution in [0.25, 0.3) is 0 Å². The second kappa shape index (κ2) is 4.90. The van der Waals surface area contributed by atoms with E-state index in [1.165, 1.54) is 0 Å². The fraction of sp³-hybridized carbons (Fsp3) is 0.417. The van der Waals surface area contributed by atoms with Crippen molar-refractivity contribution >= 4 is 16.0 Å². The first-order valence-electron chi connectivity index (χ1n) is 5.85. The van der Waals surface area contributed by atoms with Gasteiger partial charge in [-0.2, -0.15) is 0 Å². The maximum atomic E-state index is 13.7. The predicted octanol–water partition coefficient (Wildman–Crippen LogP) is 1.60. The van der Waals surface area contributed by atoms with E-state index in [4.69, 9.17) is 5.11 Å². The minimum absolute atomic E-state index is 0.168. The van der Waals surface area contributed by atoms with Crippen LogP contribution in [0.2, 0.25) is 0 Å². The highest BCUT2D eigenvalue weighted by molar-refractivity contribution is 7.89. The molecule has 0 heterocycles. The Morgan fingerprint density at radius 2 is 2.05 bits per heavy atom. The van der Waals surface area contributed by atoms with Crippen LogP contribution >= 0.6 is 0 Å². The van der Waals surface area contributed by atoms with Gasteiger partial charge in [0.05, 0.1) is 5.56 Å². The van der Waals surface area contributed by atoms with E-state index in [-0.39, 0.29) is 11.6 Å². The fourth-order valence-corrected chi connectivity index (χ4v) is 3.45. The van der Waals surface area contributed by atoms with Gasteiger partial charge in [-0.15, -0.1) is 0 Å². The Kier molecular flexibility index (Phi) is 3.60. The predicted molar refractivity (Wildman–Crippen MR) is 65.9 cm³/mol. The van der Waals surface area contributed by atoms with Crippen molar-refractivity contribution in [3.05, 3.63) is 29.6 Å². The van der Waals surface area contributed by atoms with E-state index in [2.05, 4.69) is 4.72 Å². The Bertz CT molecular complexity index is 608. The van der Waals surface area contributed by atoms with Gasteiger partial charge in [-0.05, 0) is 37.0 Å². The van der Waals surface area contributed by atoms with E-state index in [0.29, 0.717) is 12.0 Å². The van der Waals surface area contributed by atoms with Crippen LogP contribution in [-0.2, 0) is 10.0 Å². The standard InChI is InChI=1S/C12H14FNO4S/c1-7-4-9(5-7)14-19(17,18)11-3-2-8(12(15)16)6-10(11)13/h2-3,6-7,9,14H,4-5H2,1H3,(H,15,16). The summed E-state index contributed by atoms with van der Waals surface area (Å²) in [7, 11) is -3.93. The number of nitrogens with one attached hydrogen (secondary N) is 1. The van der Waals surface area contributed by atoms with E-state index < -0.39 is 26.7 Å². The number of halogens is 1. The van der Waals surface area contributed by atoms with Gasteiger partial charge < -0.3 is 5.11 Å². The largest absolute Gasteiger partial charge is 0.478 e. The third kappa shape index (κ3) is 2.93. The molecule has 0 spiro atoms. The maximum absolute atomic E-state index is 13.7. The molecular formula is C12H14FNO4S. The normalized spacial score (nSPS) is 22.8. The summed E-state index contributed by atoms with van der Waals surface area (Å²) in [5.74, 6) is -1.89. The highest BCUT2D eigenvalue weighted by Crippen LogP contribution is 2.28. The van der Waals surface area contributed by atoms with E-state index in [0.717, 1.165) is 25.0 Å². The lowest BCUT2D eigenvalue weighted by atomic mass is 9.83. The topological polar surface area (TPSA) is 83.5 Å². The molecule has 0 unspecified atom stereocenters. The van der Waals surface area contributed by atoms with Crippen LogP contribution in [0.1, 0.15) is 30.1 Å². The SMILES string of the molecule is CC1CC(NS(=O)(=O)c2ccc(C(=O)O)cc2F)C1. The molecule has 0 aromatic heterocycles. The van der Waals surface area contributed by atoms with Crippen LogP contribution in [0, 0.1) is 11.7 Å². The van der Waals surface area contributed by atoms with E-state index in [9.17, 15) is 17.6 Å². The van der Waals surface area contributed by atoms with Crippen molar-refractivity contribution in [2.75, 3.05) is 0 Å². The molecule has 2 N–H and O–H groups in total. The smallest absolute Gasteiger partial charge is 0.335 e. The first-order chi connectivity index (χ1) is 8.79. The summed E-state index contributed by atoms with van der Waals surface area (Å²) in [5.41, 5.74) is -0.284. The van der Waals surface area contributed by atoms with Crippen LogP contribution in [0.4, 0.5) is 4.39 Å². The molecule has 19 heavy (non-hydrogen) atoms. The molecule has 2 rings (SSSR count). The average Bonchev–Trinajstić information content (AvgIpc) is 2.26. The van der Waals surface area contributed by atoms with Crippen LogP contribution in [0.5, 0.6) is 0 Å². The Morgan fingerprint density at radius 3 is 2.53 bits per heavy atom. The van der Waals surface area contributed by atoms with Crippen LogP contribution in [0.15, 0.2) is 23.1 Å². The first kappa shape index (κ1) is 14.0. The van der Waals surface area contributed by atoms with Crippen molar-refractivity contribution in [3.63, 3.8) is 0 Å². The summed E-state index contributed by atoms with van der Waals surface area (Å²) in [4.78, 5) is 10.1. The second-order valence-corrected chi connectivity index (χ2v) is 6.53. The van der Waals surface area contributed by atoms with Gasteiger partial charge in [0.15, 0.2) is 0 Å². The van der Waals surface area contributed by atoms with Gasteiger partial charge in [-0.25, -0.2) is 22.3 Å². The first-order valence-corrected chi connectivity index (χ1v) is 7.33. The lowest BCUT2D eigenvalue weighted by molar-refractivity contribution is 0.0696. The molecule has 1 fully saturated rings. The molecule has 0 atom stereocenters. The summed E-state index contributed by atoms with van der Waals surface area (Å²) in [6.45, 7) is 2.01. The highest BCUT2D eigenvalue weighted by atomic mass is 32.2. The molecule has 0 bridgehead atoms. The van der Waals surface area contributed by atoms with E-state index >= 15 is 0 Å². The quantitative estimate of drug-likeness (QED) is 0.881. The zero-order chi connectivity index (χ0) is 14.2. The van der Waals surface area contributed by atoms with Crippen molar-refractivity contribution in [3.8, 4) is 0 Å². The maximum Gasteiger partial charge on any atom is 0.335 e. The molecule has 0 amide bonds. The second-order valence-electron chi connectivity index (χ2n) is 4.85. The molecule has 7 heteroatoms. The molecule has 0 saturated heterocycles. The number of hydrogen-bond acceptors (Lipinski definition) is 3. The van der Waals surface area contributed by atoms with Crippen molar-refractivity contribution in [1.82, 2.24) is 4.72 Å². The summed E-state index contributed by atoms with van der Waals surface area (Å²) in [6.07, 6.45) is 1.46. The van der Waals surface area contributed by atoms with Gasteiger partial charge in [-0.3, -0.25) is 0 Å². The summed E-state index contributed by atoms with van der Waals surface area (Å²) in [6, 6.07) is 2.59. The molecule has 0 radical (unpaired) electrons. The molecule has 5 nitrogen and oxygen atoms in total. The van der Waals surface area contributed by atoms with Crippen LogP contribution in [-0.4, -0.2) is 25.5 Å². The Balaban J connectivity index is 2.23. The summed E-state index contributed by atoms with van der Waals surface area (Å²) in [5, 5.41) is 8.69.